The van der Waals surface area contributed by atoms with Crippen LogP contribution in [0.3, 0.4) is 0 Å². The smallest absolute Gasteiger partial charge is 0.492 e. The molecular weight excluding hydrogens is 414 g/mol. The Bertz CT molecular complexity index is 1120. The van der Waals surface area contributed by atoms with Gasteiger partial charge in [-0.2, -0.15) is 5.10 Å². The molecule has 3 aromatic rings. The first-order valence-electron chi connectivity index (χ1n) is 9.19. The van der Waals surface area contributed by atoms with Gasteiger partial charge in [0, 0.05) is 31.0 Å². The van der Waals surface area contributed by atoms with Crippen LogP contribution in [0.4, 0.5) is 19.3 Å². The molecule has 0 radical (unpaired) electrons. The van der Waals surface area contributed by atoms with E-state index in [1.807, 2.05) is 0 Å². The Balaban J connectivity index is 1.54. The lowest BCUT2D eigenvalue weighted by Gasteiger charge is -2.14. The van der Waals surface area contributed by atoms with E-state index in [2.05, 4.69) is 19.9 Å². The van der Waals surface area contributed by atoms with Gasteiger partial charge < -0.3 is 24.7 Å². The van der Waals surface area contributed by atoms with Crippen molar-refractivity contribution in [2.75, 3.05) is 18.5 Å². The number of anilines is 1. The first-order chi connectivity index (χ1) is 14.9. The number of nitrogens with one attached hydrogen (secondary N) is 1. The van der Waals surface area contributed by atoms with E-state index in [-0.39, 0.29) is 17.2 Å². The van der Waals surface area contributed by atoms with Crippen molar-refractivity contribution in [1.82, 2.24) is 9.78 Å². The van der Waals surface area contributed by atoms with Gasteiger partial charge >= 0.3 is 12.4 Å². The zero-order valence-electron chi connectivity index (χ0n) is 16.3. The number of nitrogens with zero attached hydrogens (tertiary/aromatic N) is 2. The molecule has 1 aromatic heterocycles. The fraction of sp³-hybridized carbons (Fsp3) is 0.200. The van der Waals surface area contributed by atoms with Gasteiger partial charge in [0.15, 0.2) is 11.5 Å². The fourth-order valence-electron chi connectivity index (χ4n) is 3.01. The Kier molecular flexibility index (Phi) is 5.34. The summed E-state index contributed by atoms with van der Waals surface area (Å²) in [7, 11) is 1.77. The second-order valence-corrected chi connectivity index (χ2v) is 6.45. The minimum Gasteiger partial charge on any atom is -0.492 e. The summed E-state index contributed by atoms with van der Waals surface area (Å²) in [5.74, 6) is -0.234. The largest absolute Gasteiger partial charge is 0.586 e. The number of nitrogens with two attached hydrogens (primary N) is 1. The topological polar surface area (TPSA) is 110 Å². The molecule has 0 unspecified atom stereocenters. The number of amides is 1. The van der Waals surface area contributed by atoms with Crippen molar-refractivity contribution in [3.63, 3.8) is 0 Å². The van der Waals surface area contributed by atoms with Crippen molar-refractivity contribution in [3.05, 3.63) is 48.7 Å². The van der Waals surface area contributed by atoms with Gasteiger partial charge in [0.25, 0.3) is 0 Å². The molecule has 31 heavy (non-hydrogen) atoms. The molecule has 0 saturated carbocycles. The monoisotopic (exact) mass is 432 g/mol. The summed E-state index contributed by atoms with van der Waals surface area (Å²) < 4.78 is 47.9. The van der Waals surface area contributed by atoms with Crippen LogP contribution in [-0.4, -0.2) is 35.3 Å². The third-order valence-corrected chi connectivity index (χ3v) is 4.29. The van der Waals surface area contributed by atoms with Crippen molar-refractivity contribution in [1.29, 1.82) is 0 Å². The number of carbonyl (C=O) groups is 1. The van der Waals surface area contributed by atoms with E-state index < -0.39 is 12.4 Å². The molecular formula is C20H18F2N4O5. The molecule has 0 fully saturated rings. The summed E-state index contributed by atoms with van der Waals surface area (Å²) in [4.78, 5) is 12.4. The molecule has 1 aliphatic heterocycles. The number of ether oxygens (including phenoxy) is 4. The predicted octanol–water partition coefficient (Wildman–Crippen LogP) is 3.36. The van der Waals surface area contributed by atoms with Gasteiger partial charge in [-0.1, -0.05) is 6.07 Å². The average Bonchev–Trinajstić information content (AvgIpc) is 3.28. The van der Waals surface area contributed by atoms with Crippen molar-refractivity contribution < 1.29 is 32.5 Å². The summed E-state index contributed by atoms with van der Waals surface area (Å²) >= 11 is 0. The Labute approximate surface area is 175 Å². The highest BCUT2D eigenvalue weighted by molar-refractivity contribution is 5.88. The second kappa shape index (κ2) is 8.11. The standard InChI is InChI=1S/C20H18F2N4O5/c1-26-14(7-9-24-26)13-11-12(5-6-15(13)28-10-8-23)25-19(27)29-16-3-2-4-17-18(16)31-20(21,22)30-17/h2-7,9,11H,8,10,23H2,1H3,(H,25,27). The van der Waals surface area contributed by atoms with Gasteiger partial charge in [-0.05, 0) is 36.4 Å². The molecule has 0 saturated heterocycles. The normalized spacial score (nSPS) is 13.7. The van der Waals surface area contributed by atoms with Gasteiger partial charge in [-0.15, -0.1) is 8.78 Å². The maximum absolute atomic E-state index is 13.3. The van der Waals surface area contributed by atoms with E-state index in [4.69, 9.17) is 15.2 Å². The number of aromatic nitrogens is 2. The number of carbonyl (C=O) groups excluding carboxylic acids is 1. The Morgan fingerprint density at radius 3 is 2.81 bits per heavy atom. The van der Waals surface area contributed by atoms with Gasteiger partial charge in [0.2, 0.25) is 5.75 Å². The lowest BCUT2D eigenvalue weighted by atomic mass is 10.1. The number of rotatable bonds is 6. The predicted molar refractivity (Wildman–Crippen MR) is 105 cm³/mol. The van der Waals surface area contributed by atoms with Crippen LogP contribution in [-0.2, 0) is 7.05 Å². The highest BCUT2D eigenvalue weighted by Gasteiger charge is 2.45. The molecule has 9 nitrogen and oxygen atoms in total. The number of alkyl halides is 2. The third kappa shape index (κ3) is 4.36. The minimum atomic E-state index is -3.82. The number of halogens is 2. The summed E-state index contributed by atoms with van der Waals surface area (Å²) in [6.45, 7) is 0.648. The van der Waals surface area contributed by atoms with E-state index >= 15 is 0 Å². The second-order valence-electron chi connectivity index (χ2n) is 6.45. The van der Waals surface area contributed by atoms with Crippen LogP contribution < -0.4 is 30.0 Å². The summed E-state index contributed by atoms with van der Waals surface area (Å²) in [5, 5.41) is 6.70. The SMILES string of the molecule is Cn1nccc1-c1cc(NC(=O)Oc2cccc3c2OC(F)(F)O3)ccc1OCCN. The first-order valence-corrected chi connectivity index (χ1v) is 9.19. The number of hydrogen-bond donors (Lipinski definition) is 2. The molecule has 2 heterocycles. The van der Waals surface area contributed by atoms with Crippen LogP contribution in [0, 0.1) is 0 Å². The zero-order chi connectivity index (χ0) is 22.0. The van der Waals surface area contributed by atoms with Gasteiger partial charge in [0.1, 0.15) is 12.4 Å². The first kappa shape index (κ1) is 20.4. The van der Waals surface area contributed by atoms with Crippen LogP contribution >= 0.6 is 0 Å². The summed E-state index contributed by atoms with van der Waals surface area (Å²) in [5.41, 5.74) is 7.32. The highest BCUT2D eigenvalue weighted by Crippen LogP contribution is 2.47. The molecule has 162 valence electrons. The molecule has 4 rings (SSSR count). The lowest BCUT2D eigenvalue weighted by molar-refractivity contribution is -0.287. The van der Waals surface area contributed by atoms with Gasteiger partial charge in [-0.3, -0.25) is 10.00 Å². The van der Waals surface area contributed by atoms with E-state index in [9.17, 15) is 13.6 Å². The highest BCUT2D eigenvalue weighted by atomic mass is 19.3. The van der Waals surface area contributed by atoms with Crippen LogP contribution in [0.1, 0.15) is 0 Å². The average molecular weight is 432 g/mol. The van der Waals surface area contributed by atoms with Gasteiger partial charge in [0.05, 0.1) is 5.69 Å². The number of hydrogen-bond acceptors (Lipinski definition) is 7. The number of fused-ring (bicyclic) bond motifs is 1. The Morgan fingerprint density at radius 1 is 1.23 bits per heavy atom. The van der Waals surface area contributed by atoms with Crippen LogP contribution in [0.25, 0.3) is 11.3 Å². The van der Waals surface area contributed by atoms with Crippen LogP contribution in [0.2, 0.25) is 0 Å². The van der Waals surface area contributed by atoms with Gasteiger partial charge in [-0.25, -0.2) is 4.79 Å². The Hall–Kier alpha value is -3.86. The lowest BCUT2D eigenvalue weighted by Crippen LogP contribution is -2.26. The molecule has 0 spiro atoms. The van der Waals surface area contributed by atoms with Crippen molar-refractivity contribution in [2.45, 2.75) is 6.29 Å². The molecule has 0 aliphatic carbocycles. The van der Waals surface area contributed by atoms with Crippen molar-refractivity contribution in [3.8, 4) is 34.3 Å². The summed E-state index contributed by atoms with van der Waals surface area (Å²) in [6.07, 6.45) is -3.10. The third-order valence-electron chi connectivity index (χ3n) is 4.29. The van der Waals surface area contributed by atoms with E-state index in [1.54, 1.807) is 42.2 Å². The maximum Gasteiger partial charge on any atom is 0.586 e. The molecule has 3 N–H and O–H groups in total. The molecule has 1 amide bonds. The van der Waals surface area contributed by atoms with Crippen LogP contribution in [0.5, 0.6) is 23.0 Å². The molecule has 0 bridgehead atoms. The maximum atomic E-state index is 13.3. The number of para-hydroxylation sites is 1. The van der Waals surface area contributed by atoms with E-state index in [1.165, 1.54) is 18.2 Å². The zero-order valence-corrected chi connectivity index (χ0v) is 16.3. The van der Waals surface area contributed by atoms with Crippen molar-refractivity contribution in [2.24, 2.45) is 12.8 Å². The Morgan fingerprint density at radius 2 is 2.06 bits per heavy atom. The summed E-state index contributed by atoms with van der Waals surface area (Å²) in [6, 6.07) is 10.7. The quantitative estimate of drug-likeness (QED) is 0.615. The molecule has 0 atom stereocenters. The fourth-order valence-corrected chi connectivity index (χ4v) is 3.01. The number of benzene rings is 2. The van der Waals surface area contributed by atoms with Crippen molar-refractivity contribution >= 4 is 11.8 Å². The van der Waals surface area contributed by atoms with E-state index in [0.717, 1.165) is 5.69 Å². The molecule has 11 heteroatoms. The van der Waals surface area contributed by atoms with E-state index in [0.29, 0.717) is 30.2 Å². The minimum absolute atomic E-state index is 0.207. The van der Waals surface area contributed by atoms with Crippen LogP contribution in [0.15, 0.2) is 48.7 Å². The molecule has 1 aliphatic rings. The molecule has 2 aromatic carbocycles. The number of aryl methyl sites for hydroxylation is 1.